The molecule has 0 aliphatic carbocycles. The fourth-order valence-corrected chi connectivity index (χ4v) is 4.43. The molecule has 1 N–H and O–H groups in total. The fraction of sp³-hybridized carbons (Fsp3) is 0.0909. The number of nitrogens with zero attached hydrogens (tertiary/aromatic N) is 1. The van der Waals surface area contributed by atoms with Gasteiger partial charge >= 0.3 is 0 Å². The summed E-state index contributed by atoms with van der Waals surface area (Å²) in [4.78, 5) is 18.3. The highest BCUT2D eigenvalue weighted by Gasteiger charge is 2.13. The number of benzene rings is 3. The second-order valence-electron chi connectivity index (χ2n) is 5.98. The number of nitrogens with one attached hydrogen (secondary N) is 1. The summed E-state index contributed by atoms with van der Waals surface area (Å²) in [5, 5.41) is 7.91. The molecule has 0 saturated carbocycles. The van der Waals surface area contributed by atoms with Gasteiger partial charge in [-0.3, -0.25) is 10.1 Å². The summed E-state index contributed by atoms with van der Waals surface area (Å²) in [6.45, 7) is 2.08. The Balaban J connectivity index is 1.56. The maximum Gasteiger partial charge on any atom is 0.258 e. The minimum atomic E-state index is -0.119. The van der Waals surface area contributed by atoms with Crippen molar-refractivity contribution < 1.29 is 4.79 Å². The molecule has 1 aromatic heterocycles. The average Bonchev–Trinajstić information content (AvgIpc) is 3.16. The maximum atomic E-state index is 12.7. The number of aromatic nitrogens is 1. The first-order chi connectivity index (χ1) is 13.2. The van der Waals surface area contributed by atoms with E-state index in [-0.39, 0.29) is 5.91 Å². The van der Waals surface area contributed by atoms with Crippen LogP contribution in [0, 0.1) is 0 Å². The van der Waals surface area contributed by atoms with Crippen molar-refractivity contribution in [2.45, 2.75) is 11.8 Å². The number of carbonyl (C=O) groups excluding carboxylic acids is 1. The second-order valence-corrected chi connectivity index (χ2v) is 8.15. The molecule has 5 heteroatoms. The van der Waals surface area contributed by atoms with Gasteiger partial charge in [0.05, 0.1) is 11.3 Å². The van der Waals surface area contributed by atoms with Gasteiger partial charge in [-0.05, 0) is 34.7 Å². The zero-order valence-corrected chi connectivity index (χ0v) is 16.4. The van der Waals surface area contributed by atoms with E-state index in [1.165, 1.54) is 22.1 Å². The van der Waals surface area contributed by atoms with E-state index in [1.807, 2.05) is 41.8 Å². The first-order valence-electron chi connectivity index (χ1n) is 8.72. The van der Waals surface area contributed by atoms with Gasteiger partial charge in [0, 0.05) is 15.8 Å². The van der Waals surface area contributed by atoms with Crippen LogP contribution in [0.15, 0.2) is 77.0 Å². The van der Waals surface area contributed by atoms with E-state index < -0.39 is 0 Å². The molecule has 4 aromatic rings. The molecule has 1 amide bonds. The third-order valence-corrected chi connectivity index (χ3v) is 5.91. The number of anilines is 1. The number of rotatable bonds is 5. The van der Waals surface area contributed by atoms with Crippen molar-refractivity contribution >= 4 is 44.9 Å². The van der Waals surface area contributed by atoms with Gasteiger partial charge in [-0.15, -0.1) is 23.1 Å². The summed E-state index contributed by atoms with van der Waals surface area (Å²) < 4.78 is 0. The molecule has 0 aliphatic heterocycles. The Hall–Kier alpha value is -2.63. The molecular formula is C22H18N2OS2. The van der Waals surface area contributed by atoms with E-state index in [1.54, 1.807) is 11.8 Å². The molecule has 0 aliphatic rings. The van der Waals surface area contributed by atoms with Crippen LogP contribution in [0.3, 0.4) is 0 Å². The molecule has 0 saturated heterocycles. The van der Waals surface area contributed by atoms with Gasteiger partial charge in [0.25, 0.3) is 5.91 Å². The summed E-state index contributed by atoms with van der Waals surface area (Å²) in [7, 11) is 0. The Morgan fingerprint density at radius 1 is 1.04 bits per heavy atom. The maximum absolute atomic E-state index is 12.7. The molecule has 0 spiro atoms. The van der Waals surface area contributed by atoms with Crippen LogP contribution in [0.1, 0.15) is 17.3 Å². The number of carbonyl (C=O) groups is 1. The van der Waals surface area contributed by atoms with Crippen LogP contribution in [0.25, 0.3) is 22.0 Å². The SMILES string of the molecule is CCSc1ccccc1C(=O)Nc1nc(-c2ccc3ccccc3c2)cs1. The van der Waals surface area contributed by atoms with Crippen molar-refractivity contribution in [2.24, 2.45) is 0 Å². The number of amides is 1. The van der Waals surface area contributed by atoms with Crippen molar-refractivity contribution in [3.63, 3.8) is 0 Å². The summed E-state index contributed by atoms with van der Waals surface area (Å²) in [6, 6.07) is 22.2. The van der Waals surface area contributed by atoms with Crippen LogP contribution in [-0.4, -0.2) is 16.6 Å². The van der Waals surface area contributed by atoms with E-state index in [2.05, 4.69) is 47.6 Å². The number of thiazole rings is 1. The minimum Gasteiger partial charge on any atom is -0.298 e. The standard InChI is InChI=1S/C22H18N2OS2/c1-2-26-20-10-6-5-9-18(20)21(25)24-22-23-19(14-27-22)17-12-11-15-7-3-4-8-16(15)13-17/h3-14H,2H2,1H3,(H,23,24,25). The molecule has 0 unspecified atom stereocenters. The van der Waals surface area contributed by atoms with E-state index in [4.69, 9.17) is 0 Å². The highest BCUT2D eigenvalue weighted by Crippen LogP contribution is 2.29. The first-order valence-corrected chi connectivity index (χ1v) is 10.6. The summed E-state index contributed by atoms with van der Waals surface area (Å²) >= 11 is 3.11. The van der Waals surface area contributed by atoms with Crippen molar-refractivity contribution in [1.29, 1.82) is 0 Å². The minimum absolute atomic E-state index is 0.119. The number of thioether (sulfide) groups is 1. The van der Waals surface area contributed by atoms with Gasteiger partial charge in [0.1, 0.15) is 0 Å². The summed E-state index contributed by atoms with van der Waals surface area (Å²) in [6.07, 6.45) is 0. The quantitative estimate of drug-likeness (QED) is 0.405. The van der Waals surface area contributed by atoms with E-state index >= 15 is 0 Å². The molecule has 1 heterocycles. The van der Waals surface area contributed by atoms with Crippen molar-refractivity contribution in [3.8, 4) is 11.3 Å². The average molecular weight is 391 g/mol. The summed E-state index contributed by atoms with van der Waals surface area (Å²) in [5.74, 6) is 0.805. The van der Waals surface area contributed by atoms with Crippen LogP contribution in [-0.2, 0) is 0 Å². The topological polar surface area (TPSA) is 42.0 Å². The number of hydrogen-bond acceptors (Lipinski definition) is 4. The Bertz CT molecular complexity index is 1100. The lowest BCUT2D eigenvalue weighted by molar-refractivity contribution is 0.102. The third-order valence-electron chi connectivity index (χ3n) is 4.20. The zero-order chi connectivity index (χ0) is 18.6. The molecule has 0 radical (unpaired) electrons. The molecule has 27 heavy (non-hydrogen) atoms. The van der Waals surface area contributed by atoms with Gasteiger partial charge < -0.3 is 0 Å². The third kappa shape index (κ3) is 3.89. The predicted octanol–water partition coefficient (Wildman–Crippen LogP) is 6.33. The molecule has 3 nitrogen and oxygen atoms in total. The number of hydrogen-bond donors (Lipinski definition) is 1. The van der Waals surface area contributed by atoms with Crippen LogP contribution in [0.5, 0.6) is 0 Å². The Morgan fingerprint density at radius 2 is 1.81 bits per heavy atom. The van der Waals surface area contributed by atoms with Gasteiger partial charge in [-0.2, -0.15) is 0 Å². The fourth-order valence-electron chi connectivity index (χ4n) is 2.91. The van der Waals surface area contributed by atoms with Gasteiger partial charge in [-0.25, -0.2) is 4.98 Å². The lowest BCUT2D eigenvalue weighted by atomic mass is 10.1. The Labute approximate surface area is 166 Å². The second kappa shape index (κ2) is 7.94. The van der Waals surface area contributed by atoms with Gasteiger partial charge in [0.15, 0.2) is 5.13 Å². The molecule has 3 aromatic carbocycles. The number of fused-ring (bicyclic) bond motifs is 1. The highest BCUT2D eigenvalue weighted by molar-refractivity contribution is 7.99. The lowest BCUT2D eigenvalue weighted by Crippen LogP contribution is -2.12. The van der Waals surface area contributed by atoms with E-state index in [9.17, 15) is 4.79 Å². The van der Waals surface area contributed by atoms with Crippen molar-refractivity contribution in [1.82, 2.24) is 4.98 Å². The van der Waals surface area contributed by atoms with Gasteiger partial charge in [-0.1, -0.05) is 55.5 Å². The lowest BCUT2D eigenvalue weighted by Gasteiger charge is -2.07. The largest absolute Gasteiger partial charge is 0.298 e. The molecule has 134 valence electrons. The molecule has 0 bridgehead atoms. The van der Waals surface area contributed by atoms with Gasteiger partial charge in [0.2, 0.25) is 0 Å². The highest BCUT2D eigenvalue weighted by atomic mass is 32.2. The van der Waals surface area contributed by atoms with E-state index in [0.29, 0.717) is 10.7 Å². The first kappa shape index (κ1) is 17.8. The molecular weight excluding hydrogens is 372 g/mol. The molecule has 0 fully saturated rings. The Kier molecular flexibility index (Phi) is 5.23. The van der Waals surface area contributed by atoms with Crippen LogP contribution in [0.4, 0.5) is 5.13 Å². The zero-order valence-electron chi connectivity index (χ0n) is 14.8. The van der Waals surface area contributed by atoms with Crippen molar-refractivity contribution in [2.75, 3.05) is 11.1 Å². The van der Waals surface area contributed by atoms with Crippen LogP contribution >= 0.6 is 23.1 Å². The van der Waals surface area contributed by atoms with Crippen LogP contribution < -0.4 is 5.32 Å². The summed E-state index contributed by atoms with van der Waals surface area (Å²) in [5.41, 5.74) is 2.61. The monoisotopic (exact) mass is 390 g/mol. The van der Waals surface area contributed by atoms with E-state index in [0.717, 1.165) is 21.9 Å². The van der Waals surface area contributed by atoms with Crippen molar-refractivity contribution in [3.05, 3.63) is 77.7 Å². The predicted molar refractivity (Wildman–Crippen MR) is 116 cm³/mol. The normalized spacial score (nSPS) is 10.9. The van der Waals surface area contributed by atoms with Crippen LogP contribution in [0.2, 0.25) is 0 Å². The molecule has 4 rings (SSSR count). The smallest absolute Gasteiger partial charge is 0.258 e. The molecule has 0 atom stereocenters. The Morgan fingerprint density at radius 3 is 2.67 bits per heavy atom.